The standard InChI is InChI=1S/C13H15BrClNO/c1-2-16-13(12-4-3-7-17-12)10-8-9(14)5-6-11(10)15/h4-6,8,13,16H,2-3,7H2,1H3. The van der Waals surface area contributed by atoms with Crippen molar-refractivity contribution in [3.8, 4) is 0 Å². The lowest BCUT2D eigenvalue weighted by atomic mass is 10.0. The zero-order valence-electron chi connectivity index (χ0n) is 9.67. The van der Waals surface area contributed by atoms with E-state index in [1.165, 1.54) is 0 Å². The molecule has 0 amide bonds. The molecule has 0 saturated heterocycles. The lowest BCUT2D eigenvalue weighted by Crippen LogP contribution is -2.23. The van der Waals surface area contributed by atoms with E-state index >= 15 is 0 Å². The van der Waals surface area contributed by atoms with Gasteiger partial charge < -0.3 is 10.1 Å². The summed E-state index contributed by atoms with van der Waals surface area (Å²) in [6.45, 7) is 3.71. The second-order valence-electron chi connectivity index (χ2n) is 3.90. The van der Waals surface area contributed by atoms with E-state index in [2.05, 4.69) is 34.2 Å². The lowest BCUT2D eigenvalue weighted by molar-refractivity contribution is 0.216. The molecule has 0 bridgehead atoms. The molecule has 1 aliphatic heterocycles. The summed E-state index contributed by atoms with van der Waals surface area (Å²) < 4.78 is 6.67. The van der Waals surface area contributed by atoms with Gasteiger partial charge in [0.15, 0.2) is 0 Å². The van der Waals surface area contributed by atoms with Crippen LogP contribution in [0.1, 0.15) is 24.9 Å². The Morgan fingerprint density at radius 2 is 2.35 bits per heavy atom. The van der Waals surface area contributed by atoms with Crippen molar-refractivity contribution in [1.29, 1.82) is 0 Å². The van der Waals surface area contributed by atoms with Crippen molar-refractivity contribution in [2.75, 3.05) is 13.2 Å². The topological polar surface area (TPSA) is 21.3 Å². The van der Waals surface area contributed by atoms with Crippen molar-refractivity contribution in [2.45, 2.75) is 19.4 Å². The van der Waals surface area contributed by atoms with E-state index in [-0.39, 0.29) is 6.04 Å². The number of nitrogens with one attached hydrogen (secondary N) is 1. The van der Waals surface area contributed by atoms with Crippen LogP contribution in [0.4, 0.5) is 0 Å². The average Bonchev–Trinajstić information content (AvgIpc) is 2.83. The molecule has 1 aromatic carbocycles. The van der Waals surface area contributed by atoms with E-state index in [1.807, 2.05) is 18.2 Å². The number of halogens is 2. The minimum absolute atomic E-state index is 0.0486. The van der Waals surface area contributed by atoms with Crippen LogP contribution in [0.2, 0.25) is 5.02 Å². The van der Waals surface area contributed by atoms with Crippen LogP contribution in [0.5, 0.6) is 0 Å². The lowest BCUT2D eigenvalue weighted by Gasteiger charge is -2.20. The van der Waals surface area contributed by atoms with Crippen LogP contribution in [0.3, 0.4) is 0 Å². The third-order valence-electron chi connectivity index (χ3n) is 2.69. The summed E-state index contributed by atoms with van der Waals surface area (Å²) >= 11 is 9.74. The van der Waals surface area contributed by atoms with Crippen LogP contribution in [-0.2, 0) is 4.74 Å². The van der Waals surface area contributed by atoms with Crippen molar-refractivity contribution >= 4 is 27.5 Å². The highest BCUT2D eigenvalue weighted by atomic mass is 79.9. The van der Waals surface area contributed by atoms with E-state index in [9.17, 15) is 0 Å². The number of benzene rings is 1. The summed E-state index contributed by atoms with van der Waals surface area (Å²) in [5, 5.41) is 4.17. The van der Waals surface area contributed by atoms with Gasteiger partial charge in [0.25, 0.3) is 0 Å². The largest absolute Gasteiger partial charge is 0.496 e. The molecule has 1 aromatic rings. The Balaban J connectivity index is 2.34. The summed E-state index contributed by atoms with van der Waals surface area (Å²) in [6.07, 6.45) is 3.10. The van der Waals surface area contributed by atoms with Crippen molar-refractivity contribution in [1.82, 2.24) is 5.32 Å². The molecule has 0 aromatic heterocycles. The van der Waals surface area contributed by atoms with E-state index in [1.54, 1.807) is 0 Å². The molecule has 0 fully saturated rings. The smallest absolute Gasteiger partial charge is 0.114 e. The van der Waals surface area contributed by atoms with Crippen molar-refractivity contribution < 1.29 is 4.74 Å². The summed E-state index contributed by atoms with van der Waals surface area (Å²) in [5.41, 5.74) is 1.05. The van der Waals surface area contributed by atoms with Gasteiger partial charge in [-0.05, 0) is 36.4 Å². The Kier molecular flexibility index (Phi) is 4.48. The van der Waals surface area contributed by atoms with Crippen LogP contribution in [0, 0.1) is 0 Å². The van der Waals surface area contributed by atoms with Crippen LogP contribution < -0.4 is 5.32 Å². The number of rotatable bonds is 4. The molecule has 4 heteroatoms. The van der Waals surface area contributed by atoms with Gasteiger partial charge in [0, 0.05) is 15.9 Å². The first-order valence-corrected chi connectivity index (χ1v) is 6.90. The predicted octanol–water partition coefficient (Wildman–Crippen LogP) is 4.06. The molecule has 0 saturated carbocycles. The average molecular weight is 317 g/mol. The molecule has 2 rings (SSSR count). The Labute approximate surface area is 115 Å². The second-order valence-corrected chi connectivity index (χ2v) is 5.22. The molecular formula is C13H15BrClNO. The van der Waals surface area contributed by atoms with Gasteiger partial charge in [-0.15, -0.1) is 0 Å². The summed E-state index contributed by atoms with van der Waals surface area (Å²) in [4.78, 5) is 0. The minimum Gasteiger partial charge on any atom is -0.496 e. The van der Waals surface area contributed by atoms with Crippen molar-refractivity contribution in [2.24, 2.45) is 0 Å². The molecule has 0 radical (unpaired) electrons. The van der Waals surface area contributed by atoms with Crippen molar-refractivity contribution in [3.63, 3.8) is 0 Å². The predicted molar refractivity (Wildman–Crippen MR) is 74.2 cm³/mol. The fraction of sp³-hybridized carbons (Fsp3) is 0.385. The molecule has 1 N–H and O–H groups in total. The van der Waals surface area contributed by atoms with Gasteiger partial charge in [0.1, 0.15) is 5.76 Å². The van der Waals surface area contributed by atoms with E-state index in [4.69, 9.17) is 16.3 Å². The highest BCUT2D eigenvalue weighted by Gasteiger charge is 2.22. The zero-order chi connectivity index (χ0) is 12.3. The molecule has 92 valence electrons. The van der Waals surface area contributed by atoms with Crippen LogP contribution in [0.25, 0.3) is 0 Å². The van der Waals surface area contributed by atoms with Gasteiger partial charge in [0.05, 0.1) is 12.6 Å². The van der Waals surface area contributed by atoms with Gasteiger partial charge in [-0.2, -0.15) is 0 Å². The monoisotopic (exact) mass is 315 g/mol. The molecule has 1 heterocycles. The summed E-state index contributed by atoms with van der Waals surface area (Å²) in [6, 6.07) is 5.94. The first kappa shape index (κ1) is 12.9. The first-order valence-electron chi connectivity index (χ1n) is 5.73. The van der Waals surface area contributed by atoms with Crippen LogP contribution in [0.15, 0.2) is 34.5 Å². The van der Waals surface area contributed by atoms with E-state index in [0.717, 1.165) is 40.4 Å². The van der Waals surface area contributed by atoms with Gasteiger partial charge in [0.2, 0.25) is 0 Å². The summed E-state index contributed by atoms with van der Waals surface area (Å²) in [5.74, 6) is 0.979. The van der Waals surface area contributed by atoms with Crippen molar-refractivity contribution in [3.05, 3.63) is 45.1 Å². The minimum atomic E-state index is 0.0486. The van der Waals surface area contributed by atoms with Gasteiger partial charge in [-0.1, -0.05) is 34.5 Å². The Morgan fingerprint density at radius 3 is 3.00 bits per heavy atom. The molecule has 17 heavy (non-hydrogen) atoms. The number of hydrogen-bond acceptors (Lipinski definition) is 2. The SMILES string of the molecule is CCNC(C1=CCCO1)c1cc(Br)ccc1Cl. The summed E-state index contributed by atoms with van der Waals surface area (Å²) in [7, 11) is 0. The van der Waals surface area contributed by atoms with Gasteiger partial charge in [-0.25, -0.2) is 0 Å². The molecule has 1 aliphatic rings. The second kappa shape index (κ2) is 5.89. The molecule has 1 unspecified atom stereocenters. The fourth-order valence-electron chi connectivity index (χ4n) is 1.94. The Bertz CT molecular complexity index is 433. The number of ether oxygens (including phenoxy) is 1. The van der Waals surface area contributed by atoms with Crippen LogP contribution in [-0.4, -0.2) is 13.2 Å². The fourth-order valence-corrected chi connectivity index (χ4v) is 2.55. The van der Waals surface area contributed by atoms with E-state index < -0.39 is 0 Å². The first-order chi connectivity index (χ1) is 8.22. The number of hydrogen-bond donors (Lipinski definition) is 1. The zero-order valence-corrected chi connectivity index (χ0v) is 12.0. The van der Waals surface area contributed by atoms with Gasteiger partial charge in [-0.3, -0.25) is 0 Å². The maximum atomic E-state index is 6.26. The quantitative estimate of drug-likeness (QED) is 0.904. The molecule has 0 aliphatic carbocycles. The highest BCUT2D eigenvalue weighted by molar-refractivity contribution is 9.10. The third-order valence-corrected chi connectivity index (χ3v) is 3.53. The Hall–Kier alpha value is -0.510. The maximum Gasteiger partial charge on any atom is 0.114 e. The van der Waals surface area contributed by atoms with E-state index in [0.29, 0.717) is 0 Å². The third kappa shape index (κ3) is 3.03. The number of likely N-dealkylation sites (N-methyl/N-ethyl adjacent to an activating group) is 1. The molecule has 1 atom stereocenters. The normalized spacial score (nSPS) is 16.5. The highest BCUT2D eigenvalue weighted by Crippen LogP contribution is 2.33. The van der Waals surface area contributed by atoms with Gasteiger partial charge >= 0.3 is 0 Å². The molecule has 0 spiro atoms. The Morgan fingerprint density at radius 1 is 1.53 bits per heavy atom. The molecular weight excluding hydrogens is 302 g/mol. The van der Waals surface area contributed by atoms with Crippen LogP contribution >= 0.6 is 27.5 Å². The molecule has 2 nitrogen and oxygen atoms in total. The maximum absolute atomic E-state index is 6.26.